The molecule has 0 spiro atoms. The average Bonchev–Trinajstić information content (AvgIpc) is 3.42. The van der Waals surface area contributed by atoms with Gasteiger partial charge in [0, 0.05) is 31.3 Å². The van der Waals surface area contributed by atoms with Gasteiger partial charge in [-0.15, -0.1) is 10.2 Å². The largest absolute Gasteiger partial charge is 0.467 e. The maximum absolute atomic E-state index is 12.8. The third-order valence-corrected chi connectivity index (χ3v) is 6.57. The van der Waals surface area contributed by atoms with Crippen LogP contribution in [0.4, 0.5) is 11.6 Å². The number of ketones is 1. The highest BCUT2D eigenvalue weighted by atomic mass is 32.2. The van der Waals surface area contributed by atoms with Gasteiger partial charge in [0.2, 0.25) is 11.9 Å². The van der Waals surface area contributed by atoms with Crippen LogP contribution in [0.3, 0.4) is 0 Å². The van der Waals surface area contributed by atoms with Crippen molar-refractivity contribution in [3.63, 3.8) is 0 Å². The van der Waals surface area contributed by atoms with E-state index in [1.165, 1.54) is 25.1 Å². The van der Waals surface area contributed by atoms with Gasteiger partial charge in [-0.25, -0.2) is 0 Å². The molecule has 1 aliphatic heterocycles. The number of aromatic nitrogens is 3. The lowest BCUT2D eigenvalue weighted by Crippen LogP contribution is -2.40. The number of piperidine rings is 1. The van der Waals surface area contributed by atoms with Gasteiger partial charge in [-0.3, -0.25) is 14.2 Å². The first-order chi connectivity index (χ1) is 15.9. The molecule has 1 aromatic carbocycles. The van der Waals surface area contributed by atoms with E-state index in [-0.39, 0.29) is 17.4 Å². The van der Waals surface area contributed by atoms with Crippen LogP contribution in [-0.4, -0.2) is 45.3 Å². The number of anilines is 2. The summed E-state index contributed by atoms with van der Waals surface area (Å²) in [6, 6.07) is 10.7. The Bertz CT molecular complexity index is 1080. The molecule has 1 fully saturated rings. The summed E-state index contributed by atoms with van der Waals surface area (Å²) >= 11 is 1.37. The third-order valence-electron chi connectivity index (χ3n) is 5.60. The maximum atomic E-state index is 12.8. The molecule has 0 unspecified atom stereocenters. The number of amides is 1. The molecule has 2 aromatic heterocycles. The second-order valence-corrected chi connectivity index (χ2v) is 9.71. The maximum Gasteiger partial charge on any atom is 0.228 e. The Balaban J connectivity index is 1.50. The van der Waals surface area contributed by atoms with E-state index in [0.29, 0.717) is 34.8 Å². The number of nitrogens with zero attached hydrogens (tertiary/aromatic N) is 4. The van der Waals surface area contributed by atoms with Crippen molar-refractivity contribution in [2.24, 2.45) is 11.8 Å². The third kappa shape index (κ3) is 5.84. The summed E-state index contributed by atoms with van der Waals surface area (Å²) in [4.78, 5) is 26.3. The van der Waals surface area contributed by atoms with Gasteiger partial charge in [0.25, 0.3) is 0 Å². The number of thioether (sulfide) groups is 1. The molecule has 4 rings (SSSR count). The fourth-order valence-electron chi connectivity index (χ4n) is 4.30. The number of furan rings is 1. The van der Waals surface area contributed by atoms with Crippen LogP contribution in [0.5, 0.6) is 0 Å². The summed E-state index contributed by atoms with van der Waals surface area (Å²) in [6.45, 7) is 8.36. The SMILES string of the molecule is CC(=O)Nc1ccc(C(=O)CSc2nnc(N3C[C@H](C)C[C@@H](C)C3)n2Cc2ccco2)cc1. The van der Waals surface area contributed by atoms with Crippen molar-refractivity contribution >= 4 is 35.1 Å². The second kappa shape index (κ2) is 10.2. The number of carbonyl (C=O) groups excluding carboxylic acids is 2. The van der Waals surface area contributed by atoms with E-state index in [2.05, 4.69) is 34.3 Å². The van der Waals surface area contributed by atoms with Crippen LogP contribution in [0.15, 0.2) is 52.2 Å². The van der Waals surface area contributed by atoms with Crippen LogP contribution in [0.25, 0.3) is 0 Å². The molecule has 3 heterocycles. The van der Waals surface area contributed by atoms with E-state index in [1.807, 2.05) is 16.7 Å². The van der Waals surface area contributed by atoms with Gasteiger partial charge >= 0.3 is 0 Å². The standard InChI is InChI=1S/C24H29N5O3S/c1-16-11-17(2)13-28(12-16)23-26-27-24(29(23)14-21-5-4-10-32-21)33-15-22(31)19-6-8-20(9-7-19)25-18(3)30/h4-10,16-17H,11-15H2,1-3H3,(H,25,30)/t16-,17-/m1/s1. The zero-order chi connectivity index (χ0) is 23.4. The van der Waals surface area contributed by atoms with E-state index >= 15 is 0 Å². The van der Waals surface area contributed by atoms with Gasteiger partial charge in [0.1, 0.15) is 5.76 Å². The van der Waals surface area contributed by atoms with Crippen molar-refractivity contribution < 1.29 is 14.0 Å². The number of hydrogen-bond donors (Lipinski definition) is 1. The Hall–Kier alpha value is -3.07. The minimum Gasteiger partial charge on any atom is -0.467 e. The molecule has 2 atom stereocenters. The molecule has 0 bridgehead atoms. The van der Waals surface area contributed by atoms with E-state index < -0.39 is 0 Å². The van der Waals surface area contributed by atoms with Crippen molar-refractivity contribution in [3.8, 4) is 0 Å². The van der Waals surface area contributed by atoms with E-state index in [4.69, 9.17) is 4.42 Å². The van der Waals surface area contributed by atoms with Crippen molar-refractivity contribution in [3.05, 3.63) is 54.0 Å². The van der Waals surface area contributed by atoms with E-state index in [9.17, 15) is 9.59 Å². The summed E-state index contributed by atoms with van der Waals surface area (Å²) in [5, 5.41) is 12.3. The molecule has 0 saturated carbocycles. The summed E-state index contributed by atoms with van der Waals surface area (Å²) in [7, 11) is 0. The summed E-state index contributed by atoms with van der Waals surface area (Å²) in [6.07, 6.45) is 2.87. The van der Waals surface area contributed by atoms with Crippen LogP contribution < -0.4 is 10.2 Å². The highest BCUT2D eigenvalue weighted by Crippen LogP contribution is 2.29. The number of nitrogens with one attached hydrogen (secondary N) is 1. The second-order valence-electron chi connectivity index (χ2n) is 8.77. The Morgan fingerprint density at radius 1 is 1.12 bits per heavy atom. The van der Waals surface area contributed by atoms with E-state index in [0.717, 1.165) is 24.8 Å². The van der Waals surface area contributed by atoms with Crippen molar-refractivity contribution in [1.82, 2.24) is 14.8 Å². The molecular weight excluding hydrogens is 438 g/mol. The molecule has 0 radical (unpaired) electrons. The predicted molar refractivity (Wildman–Crippen MR) is 129 cm³/mol. The lowest BCUT2D eigenvalue weighted by molar-refractivity contribution is -0.114. The summed E-state index contributed by atoms with van der Waals surface area (Å²) < 4.78 is 7.62. The van der Waals surface area contributed by atoms with Gasteiger partial charge in [0.15, 0.2) is 10.9 Å². The number of rotatable bonds is 8. The molecule has 33 heavy (non-hydrogen) atoms. The number of benzene rings is 1. The molecule has 0 aliphatic carbocycles. The Labute approximate surface area is 197 Å². The van der Waals surface area contributed by atoms with Gasteiger partial charge in [-0.1, -0.05) is 25.6 Å². The van der Waals surface area contributed by atoms with Crippen LogP contribution in [0.2, 0.25) is 0 Å². The fourth-order valence-corrected chi connectivity index (χ4v) is 5.13. The van der Waals surface area contributed by atoms with E-state index in [1.54, 1.807) is 30.5 Å². The minimum absolute atomic E-state index is 0.0105. The van der Waals surface area contributed by atoms with Gasteiger partial charge in [0.05, 0.1) is 18.6 Å². The van der Waals surface area contributed by atoms with Gasteiger partial charge in [-0.2, -0.15) is 0 Å². The molecule has 9 heteroatoms. The Morgan fingerprint density at radius 2 is 1.85 bits per heavy atom. The van der Waals surface area contributed by atoms with Crippen LogP contribution in [0, 0.1) is 11.8 Å². The van der Waals surface area contributed by atoms with Crippen LogP contribution in [-0.2, 0) is 11.3 Å². The van der Waals surface area contributed by atoms with Gasteiger partial charge in [-0.05, 0) is 54.7 Å². The first-order valence-corrected chi connectivity index (χ1v) is 12.1. The normalized spacial score (nSPS) is 18.3. The highest BCUT2D eigenvalue weighted by Gasteiger charge is 2.27. The van der Waals surface area contributed by atoms with Crippen molar-refractivity contribution in [1.29, 1.82) is 0 Å². The fraction of sp³-hybridized carbons (Fsp3) is 0.417. The Morgan fingerprint density at radius 3 is 2.48 bits per heavy atom. The monoisotopic (exact) mass is 467 g/mol. The zero-order valence-electron chi connectivity index (χ0n) is 19.2. The van der Waals surface area contributed by atoms with Crippen LogP contribution >= 0.6 is 11.8 Å². The van der Waals surface area contributed by atoms with Gasteiger partial charge < -0.3 is 14.6 Å². The smallest absolute Gasteiger partial charge is 0.228 e. The average molecular weight is 468 g/mol. The number of carbonyl (C=O) groups is 2. The Kier molecular flexibility index (Phi) is 7.17. The summed E-state index contributed by atoms with van der Waals surface area (Å²) in [5.41, 5.74) is 1.26. The number of hydrogen-bond acceptors (Lipinski definition) is 7. The predicted octanol–water partition coefficient (Wildman–Crippen LogP) is 4.34. The number of Topliss-reactive ketones (excluding diaryl/α,β-unsaturated/α-hetero) is 1. The molecule has 8 nitrogen and oxygen atoms in total. The quantitative estimate of drug-likeness (QED) is 0.389. The van der Waals surface area contributed by atoms with Crippen molar-refractivity contribution in [2.45, 2.75) is 38.9 Å². The molecular formula is C24H29N5O3S. The topological polar surface area (TPSA) is 93.3 Å². The zero-order valence-corrected chi connectivity index (χ0v) is 20.0. The molecule has 1 amide bonds. The molecule has 1 aliphatic rings. The first kappa shape index (κ1) is 23.1. The highest BCUT2D eigenvalue weighted by molar-refractivity contribution is 7.99. The lowest BCUT2D eigenvalue weighted by Gasteiger charge is -2.35. The first-order valence-electron chi connectivity index (χ1n) is 11.1. The van der Waals surface area contributed by atoms with Crippen molar-refractivity contribution in [2.75, 3.05) is 29.1 Å². The molecule has 1 N–H and O–H groups in total. The molecule has 174 valence electrons. The minimum atomic E-state index is -0.145. The summed E-state index contributed by atoms with van der Waals surface area (Å²) in [5.74, 6) is 2.89. The molecule has 3 aromatic rings. The molecule has 1 saturated heterocycles. The lowest BCUT2D eigenvalue weighted by atomic mass is 9.92. The van der Waals surface area contributed by atoms with Crippen LogP contribution in [0.1, 0.15) is 43.3 Å².